The van der Waals surface area contributed by atoms with E-state index in [0.717, 1.165) is 32.1 Å². The van der Waals surface area contributed by atoms with Gasteiger partial charge in [0.25, 0.3) is 10.2 Å². The maximum absolute atomic E-state index is 12.0. The van der Waals surface area contributed by atoms with E-state index in [1.165, 1.54) is 10.7 Å². The van der Waals surface area contributed by atoms with Crippen LogP contribution >= 0.6 is 0 Å². The van der Waals surface area contributed by atoms with Crippen molar-refractivity contribution in [2.45, 2.75) is 57.5 Å². The Morgan fingerprint density at radius 3 is 2.47 bits per heavy atom. The van der Waals surface area contributed by atoms with Crippen LogP contribution in [0.2, 0.25) is 0 Å². The number of nitrogens with one attached hydrogen (secondary N) is 1. The van der Waals surface area contributed by atoms with Gasteiger partial charge >= 0.3 is 0 Å². The van der Waals surface area contributed by atoms with Crippen LogP contribution in [-0.4, -0.2) is 38.4 Å². The summed E-state index contributed by atoms with van der Waals surface area (Å²) in [6.45, 7) is 2.26. The van der Waals surface area contributed by atoms with E-state index >= 15 is 0 Å². The van der Waals surface area contributed by atoms with Crippen LogP contribution in [0.3, 0.4) is 0 Å². The molecule has 0 amide bonds. The van der Waals surface area contributed by atoms with Crippen molar-refractivity contribution in [2.24, 2.45) is 5.73 Å². The lowest BCUT2D eigenvalue weighted by molar-refractivity contribution is 0.282. The van der Waals surface area contributed by atoms with Gasteiger partial charge in [-0.25, -0.2) is 4.72 Å². The van der Waals surface area contributed by atoms with E-state index in [1.54, 1.807) is 7.05 Å². The maximum atomic E-state index is 12.0. The molecule has 0 aromatic carbocycles. The van der Waals surface area contributed by atoms with Crippen molar-refractivity contribution in [1.82, 2.24) is 9.03 Å². The van der Waals surface area contributed by atoms with Crippen LogP contribution in [0.4, 0.5) is 0 Å². The summed E-state index contributed by atoms with van der Waals surface area (Å²) >= 11 is 0. The van der Waals surface area contributed by atoms with Gasteiger partial charge in [0.15, 0.2) is 0 Å². The molecule has 0 saturated heterocycles. The lowest BCUT2D eigenvalue weighted by Crippen LogP contribution is -2.47. The van der Waals surface area contributed by atoms with Gasteiger partial charge in [-0.2, -0.15) is 12.7 Å². The summed E-state index contributed by atoms with van der Waals surface area (Å²) in [5, 5.41) is 0. The first-order valence-electron chi connectivity index (χ1n) is 6.45. The molecule has 17 heavy (non-hydrogen) atoms. The predicted octanol–water partition coefficient (Wildman–Crippen LogP) is 0.823. The van der Waals surface area contributed by atoms with Gasteiger partial charge in [0.05, 0.1) is 0 Å². The highest BCUT2D eigenvalue weighted by Gasteiger charge is 2.27. The molecule has 1 aliphatic rings. The van der Waals surface area contributed by atoms with E-state index in [9.17, 15) is 8.42 Å². The minimum Gasteiger partial charge on any atom is -0.327 e. The van der Waals surface area contributed by atoms with Crippen LogP contribution in [0.25, 0.3) is 0 Å². The van der Waals surface area contributed by atoms with Crippen molar-refractivity contribution < 1.29 is 8.42 Å². The SMILES string of the molecule is CCC(N)CNS(=O)(=O)N(C)C1CCCCC1. The summed E-state index contributed by atoms with van der Waals surface area (Å²) in [6, 6.07) is 0.0450. The summed E-state index contributed by atoms with van der Waals surface area (Å²) < 4.78 is 28.1. The average molecular weight is 263 g/mol. The molecule has 1 unspecified atom stereocenters. The van der Waals surface area contributed by atoms with Crippen molar-refractivity contribution in [2.75, 3.05) is 13.6 Å². The number of nitrogens with two attached hydrogens (primary N) is 1. The summed E-state index contributed by atoms with van der Waals surface area (Å²) in [6.07, 6.45) is 6.18. The zero-order chi connectivity index (χ0) is 12.9. The van der Waals surface area contributed by atoms with Gasteiger partial charge in [0, 0.05) is 25.7 Å². The van der Waals surface area contributed by atoms with E-state index < -0.39 is 10.2 Å². The zero-order valence-corrected chi connectivity index (χ0v) is 11.7. The highest BCUT2D eigenvalue weighted by atomic mass is 32.2. The molecule has 0 aliphatic heterocycles. The first-order chi connectivity index (χ1) is 7.97. The standard InChI is InChI=1S/C11H25N3O2S/c1-3-10(12)9-13-17(15,16)14(2)11-7-5-4-6-8-11/h10-11,13H,3-9,12H2,1-2H3. The molecule has 1 aliphatic carbocycles. The predicted molar refractivity (Wildman–Crippen MR) is 69.8 cm³/mol. The zero-order valence-electron chi connectivity index (χ0n) is 10.9. The Morgan fingerprint density at radius 1 is 1.35 bits per heavy atom. The molecule has 0 radical (unpaired) electrons. The lowest BCUT2D eigenvalue weighted by atomic mass is 9.96. The Bertz CT molecular complexity index is 313. The van der Waals surface area contributed by atoms with Gasteiger partial charge < -0.3 is 5.73 Å². The molecule has 0 heterocycles. The minimum atomic E-state index is -3.36. The molecule has 1 atom stereocenters. The van der Waals surface area contributed by atoms with Crippen molar-refractivity contribution in [1.29, 1.82) is 0 Å². The monoisotopic (exact) mass is 263 g/mol. The van der Waals surface area contributed by atoms with E-state index in [0.29, 0.717) is 6.54 Å². The van der Waals surface area contributed by atoms with Gasteiger partial charge in [-0.05, 0) is 19.3 Å². The Hall–Kier alpha value is -0.170. The number of hydrogen-bond acceptors (Lipinski definition) is 3. The second-order valence-corrected chi connectivity index (χ2v) is 6.64. The van der Waals surface area contributed by atoms with E-state index in [4.69, 9.17) is 5.73 Å². The maximum Gasteiger partial charge on any atom is 0.279 e. The largest absolute Gasteiger partial charge is 0.327 e. The van der Waals surface area contributed by atoms with Crippen LogP contribution in [0.15, 0.2) is 0 Å². The topological polar surface area (TPSA) is 75.4 Å². The van der Waals surface area contributed by atoms with Gasteiger partial charge in [0.2, 0.25) is 0 Å². The van der Waals surface area contributed by atoms with E-state index in [2.05, 4.69) is 4.72 Å². The third-order valence-corrected chi connectivity index (χ3v) is 5.11. The fourth-order valence-corrected chi connectivity index (χ4v) is 3.33. The first-order valence-corrected chi connectivity index (χ1v) is 7.89. The smallest absolute Gasteiger partial charge is 0.279 e. The second kappa shape index (κ2) is 6.68. The number of nitrogens with zero attached hydrogens (tertiary/aromatic N) is 1. The lowest BCUT2D eigenvalue weighted by Gasteiger charge is -2.30. The Balaban J connectivity index is 2.50. The van der Waals surface area contributed by atoms with E-state index in [1.807, 2.05) is 6.92 Å². The third kappa shape index (κ3) is 4.54. The average Bonchev–Trinajstić information content (AvgIpc) is 2.36. The van der Waals surface area contributed by atoms with Crippen LogP contribution in [0.1, 0.15) is 45.4 Å². The Morgan fingerprint density at radius 2 is 1.94 bits per heavy atom. The molecule has 1 rings (SSSR count). The van der Waals surface area contributed by atoms with Crippen molar-refractivity contribution in [3.8, 4) is 0 Å². The molecule has 1 fully saturated rings. The Labute approximate surface area is 105 Å². The molecule has 6 heteroatoms. The van der Waals surface area contributed by atoms with Crippen LogP contribution in [-0.2, 0) is 10.2 Å². The van der Waals surface area contributed by atoms with Crippen molar-refractivity contribution in [3.05, 3.63) is 0 Å². The Kier molecular flexibility index (Phi) is 5.85. The number of rotatable bonds is 6. The molecular weight excluding hydrogens is 238 g/mol. The molecule has 0 aromatic rings. The molecule has 3 N–H and O–H groups in total. The molecule has 102 valence electrons. The minimum absolute atomic E-state index is 0.107. The molecule has 0 aromatic heterocycles. The fourth-order valence-electron chi connectivity index (χ4n) is 2.10. The van der Waals surface area contributed by atoms with Crippen molar-refractivity contribution >= 4 is 10.2 Å². The first kappa shape index (κ1) is 14.9. The summed E-state index contributed by atoms with van der Waals surface area (Å²) in [5.74, 6) is 0. The summed E-state index contributed by atoms with van der Waals surface area (Å²) in [7, 11) is -1.70. The molecule has 0 bridgehead atoms. The normalized spacial score (nSPS) is 20.7. The van der Waals surface area contributed by atoms with Crippen LogP contribution in [0.5, 0.6) is 0 Å². The molecule has 5 nitrogen and oxygen atoms in total. The van der Waals surface area contributed by atoms with Gasteiger partial charge in [-0.1, -0.05) is 26.2 Å². The van der Waals surface area contributed by atoms with Crippen molar-refractivity contribution in [3.63, 3.8) is 0 Å². The quantitative estimate of drug-likeness (QED) is 0.745. The fraction of sp³-hybridized carbons (Fsp3) is 1.00. The molecular formula is C11H25N3O2S. The van der Waals surface area contributed by atoms with Gasteiger partial charge in [-0.15, -0.1) is 0 Å². The van der Waals surface area contributed by atoms with Crippen LogP contribution < -0.4 is 10.5 Å². The highest BCUT2D eigenvalue weighted by Crippen LogP contribution is 2.22. The third-order valence-electron chi connectivity index (χ3n) is 3.52. The van der Waals surface area contributed by atoms with Gasteiger partial charge in [-0.3, -0.25) is 0 Å². The molecule has 0 spiro atoms. The molecule has 1 saturated carbocycles. The second-order valence-electron chi connectivity index (χ2n) is 4.83. The number of hydrogen-bond donors (Lipinski definition) is 2. The van der Waals surface area contributed by atoms with E-state index in [-0.39, 0.29) is 12.1 Å². The summed E-state index contributed by atoms with van der Waals surface area (Å²) in [4.78, 5) is 0. The van der Waals surface area contributed by atoms with Crippen LogP contribution in [0, 0.1) is 0 Å². The van der Waals surface area contributed by atoms with Gasteiger partial charge in [0.1, 0.15) is 0 Å². The highest BCUT2D eigenvalue weighted by molar-refractivity contribution is 7.87. The summed E-state index contributed by atoms with van der Waals surface area (Å²) in [5.41, 5.74) is 5.71.